The Morgan fingerprint density at radius 1 is 1.22 bits per heavy atom. The molecule has 0 fully saturated rings. The Bertz CT molecular complexity index is 1220. The van der Waals surface area contributed by atoms with Gasteiger partial charge in [0, 0.05) is 17.2 Å². The lowest BCUT2D eigenvalue weighted by molar-refractivity contribution is -0.113. The number of fused-ring (bicyclic) bond motifs is 1. The number of rotatable bonds is 7. The summed E-state index contributed by atoms with van der Waals surface area (Å²) in [6.45, 7) is 0. The highest BCUT2D eigenvalue weighted by atomic mass is 35.5. The summed E-state index contributed by atoms with van der Waals surface area (Å²) in [7, 11) is 3.11. The van der Waals surface area contributed by atoms with E-state index in [1.807, 2.05) is 0 Å². The van der Waals surface area contributed by atoms with Crippen LogP contribution in [0.15, 0.2) is 57.3 Å². The number of nitrogens with zero attached hydrogens (tertiary/aromatic N) is 2. The number of benzene rings is 2. The molecule has 1 aromatic heterocycles. The summed E-state index contributed by atoms with van der Waals surface area (Å²) in [6, 6.07) is 12.2. The number of hydrogen-bond acceptors (Lipinski definition) is 7. The summed E-state index contributed by atoms with van der Waals surface area (Å²) in [6.07, 6.45) is 0.734. The molecule has 1 amide bonds. The maximum atomic E-state index is 13.2. The first-order valence-corrected chi connectivity index (χ1v) is 12.0. The normalized spacial score (nSPS) is 12.3. The van der Waals surface area contributed by atoms with Gasteiger partial charge in [-0.15, -0.1) is 11.8 Å². The molecule has 0 unspecified atom stereocenters. The minimum Gasteiger partial charge on any atom is -0.497 e. The zero-order chi connectivity index (χ0) is 22.7. The maximum absolute atomic E-state index is 13.2. The Kier molecular flexibility index (Phi) is 6.98. The number of aryl methyl sites for hydroxylation is 1. The van der Waals surface area contributed by atoms with Crippen LogP contribution in [-0.2, 0) is 11.2 Å². The van der Waals surface area contributed by atoms with Crippen molar-refractivity contribution in [3.63, 3.8) is 0 Å². The average Bonchev–Trinajstić information content (AvgIpc) is 3.27. The summed E-state index contributed by atoms with van der Waals surface area (Å²) in [5, 5.41) is 3.76. The molecular formula is C22H20ClN3O4S2. The second kappa shape index (κ2) is 9.89. The van der Waals surface area contributed by atoms with Gasteiger partial charge in [-0.2, -0.15) is 0 Å². The number of aromatic nitrogens is 2. The highest BCUT2D eigenvalue weighted by Gasteiger charge is 2.23. The van der Waals surface area contributed by atoms with E-state index in [0.29, 0.717) is 37.9 Å². The van der Waals surface area contributed by atoms with Crippen molar-refractivity contribution in [2.24, 2.45) is 0 Å². The van der Waals surface area contributed by atoms with Gasteiger partial charge in [0.05, 0.1) is 41.9 Å². The fourth-order valence-corrected chi connectivity index (χ4v) is 5.27. The van der Waals surface area contributed by atoms with E-state index in [4.69, 9.17) is 26.1 Å². The zero-order valence-electron chi connectivity index (χ0n) is 17.4. The van der Waals surface area contributed by atoms with Crippen molar-refractivity contribution < 1.29 is 14.3 Å². The van der Waals surface area contributed by atoms with Crippen LogP contribution in [0.1, 0.15) is 5.69 Å². The molecule has 2 aromatic carbocycles. The average molecular weight is 490 g/mol. The molecule has 1 aliphatic rings. The van der Waals surface area contributed by atoms with Crippen LogP contribution in [0.5, 0.6) is 11.5 Å². The third-order valence-corrected chi connectivity index (χ3v) is 7.05. The van der Waals surface area contributed by atoms with E-state index in [9.17, 15) is 9.59 Å². The fourth-order valence-electron chi connectivity index (χ4n) is 3.24. The van der Waals surface area contributed by atoms with Crippen LogP contribution in [-0.4, -0.2) is 41.2 Å². The van der Waals surface area contributed by atoms with Crippen molar-refractivity contribution in [2.75, 3.05) is 31.0 Å². The summed E-state index contributed by atoms with van der Waals surface area (Å²) in [4.78, 5) is 31.2. The molecule has 3 aromatic rings. The maximum Gasteiger partial charge on any atom is 0.272 e. The lowest BCUT2D eigenvalue weighted by Crippen LogP contribution is -2.24. The molecule has 0 spiro atoms. The molecule has 0 aliphatic carbocycles. The smallest absolute Gasteiger partial charge is 0.272 e. The summed E-state index contributed by atoms with van der Waals surface area (Å²) in [5.41, 5.74) is 1.81. The number of nitrogens with one attached hydrogen (secondary N) is 1. The van der Waals surface area contributed by atoms with Crippen molar-refractivity contribution >= 4 is 46.7 Å². The van der Waals surface area contributed by atoms with Crippen LogP contribution >= 0.6 is 35.1 Å². The number of thioether (sulfide) groups is 2. The van der Waals surface area contributed by atoms with E-state index in [-0.39, 0.29) is 17.2 Å². The van der Waals surface area contributed by atoms with Crippen molar-refractivity contribution in [3.05, 3.63) is 63.5 Å². The fraction of sp³-hybridized carbons (Fsp3) is 0.227. The van der Waals surface area contributed by atoms with E-state index < -0.39 is 0 Å². The molecular weight excluding hydrogens is 470 g/mol. The Hall–Kier alpha value is -2.62. The molecule has 32 heavy (non-hydrogen) atoms. The third kappa shape index (κ3) is 4.74. The monoisotopic (exact) mass is 489 g/mol. The Balaban J connectivity index is 1.60. The number of anilines is 1. The van der Waals surface area contributed by atoms with Gasteiger partial charge in [0.25, 0.3) is 5.56 Å². The molecule has 2 heterocycles. The standard InChI is InChI=1S/C22H20ClN3O4S2/c1-29-15-6-4-14(5-7-15)26-21(28)20-16(9-10-31-20)25-22(26)32-12-19(27)24-17-11-13(23)3-8-18(17)30-2/h3-8,11H,9-10,12H2,1-2H3,(H,24,27). The molecule has 0 saturated heterocycles. The van der Waals surface area contributed by atoms with E-state index in [2.05, 4.69) is 5.32 Å². The van der Waals surface area contributed by atoms with Crippen LogP contribution in [0.4, 0.5) is 5.69 Å². The van der Waals surface area contributed by atoms with Crippen LogP contribution in [0.2, 0.25) is 5.02 Å². The van der Waals surface area contributed by atoms with Crippen molar-refractivity contribution in [2.45, 2.75) is 16.5 Å². The van der Waals surface area contributed by atoms with Crippen LogP contribution in [0.3, 0.4) is 0 Å². The molecule has 4 rings (SSSR count). The van der Waals surface area contributed by atoms with E-state index in [1.165, 1.54) is 30.6 Å². The van der Waals surface area contributed by atoms with Gasteiger partial charge in [-0.3, -0.25) is 14.2 Å². The first kappa shape index (κ1) is 22.6. The summed E-state index contributed by atoms with van der Waals surface area (Å²) < 4.78 is 12.0. The van der Waals surface area contributed by atoms with Gasteiger partial charge in [-0.25, -0.2) is 4.98 Å². The van der Waals surface area contributed by atoms with Crippen molar-refractivity contribution in [1.82, 2.24) is 9.55 Å². The van der Waals surface area contributed by atoms with Gasteiger partial charge in [0.1, 0.15) is 11.5 Å². The number of methoxy groups -OCH3 is 2. The lowest BCUT2D eigenvalue weighted by Gasteiger charge is -2.14. The van der Waals surface area contributed by atoms with E-state index >= 15 is 0 Å². The largest absolute Gasteiger partial charge is 0.497 e. The molecule has 0 saturated carbocycles. The molecule has 166 valence electrons. The van der Waals surface area contributed by atoms with E-state index in [0.717, 1.165) is 17.9 Å². The quantitative estimate of drug-likeness (QED) is 0.391. The van der Waals surface area contributed by atoms with Gasteiger partial charge < -0.3 is 14.8 Å². The SMILES string of the molecule is COc1ccc(-n2c(SCC(=O)Nc3cc(Cl)ccc3OC)nc3c(c2=O)SCC3)cc1. The zero-order valence-corrected chi connectivity index (χ0v) is 19.8. The lowest BCUT2D eigenvalue weighted by atomic mass is 10.3. The molecule has 1 aliphatic heterocycles. The van der Waals surface area contributed by atoms with Crippen molar-refractivity contribution in [1.29, 1.82) is 0 Å². The van der Waals surface area contributed by atoms with Gasteiger partial charge >= 0.3 is 0 Å². The van der Waals surface area contributed by atoms with Crippen LogP contribution < -0.4 is 20.3 Å². The van der Waals surface area contributed by atoms with Gasteiger partial charge in [0.2, 0.25) is 5.91 Å². The predicted octanol–water partition coefficient (Wildman–Crippen LogP) is 4.28. The Morgan fingerprint density at radius 3 is 2.72 bits per heavy atom. The highest BCUT2D eigenvalue weighted by Crippen LogP contribution is 2.31. The molecule has 7 nitrogen and oxygen atoms in total. The number of hydrogen-bond donors (Lipinski definition) is 1. The van der Waals surface area contributed by atoms with Crippen molar-refractivity contribution in [3.8, 4) is 17.2 Å². The predicted molar refractivity (Wildman–Crippen MR) is 128 cm³/mol. The topological polar surface area (TPSA) is 82.4 Å². The first-order valence-electron chi connectivity index (χ1n) is 9.69. The molecule has 0 radical (unpaired) electrons. The summed E-state index contributed by atoms with van der Waals surface area (Å²) >= 11 is 8.76. The second-order valence-electron chi connectivity index (χ2n) is 6.79. The molecule has 10 heteroatoms. The van der Waals surface area contributed by atoms with Gasteiger partial charge in [0.15, 0.2) is 5.16 Å². The Labute approximate surface area is 198 Å². The van der Waals surface area contributed by atoms with E-state index in [1.54, 1.807) is 54.1 Å². The first-order chi connectivity index (χ1) is 15.5. The van der Waals surface area contributed by atoms with Gasteiger partial charge in [-0.1, -0.05) is 23.4 Å². The molecule has 0 atom stereocenters. The Morgan fingerprint density at radius 2 is 2.00 bits per heavy atom. The number of ether oxygens (including phenoxy) is 2. The number of halogens is 1. The van der Waals surface area contributed by atoms with Gasteiger partial charge in [-0.05, 0) is 42.5 Å². The number of amides is 1. The molecule has 0 bridgehead atoms. The third-order valence-electron chi connectivity index (χ3n) is 4.77. The highest BCUT2D eigenvalue weighted by molar-refractivity contribution is 8.00. The minimum absolute atomic E-state index is 0.0597. The second-order valence-corrected chi connectivity index (χ2v) is 9.27. The van der Waals surface area contributed by atoms with Crippen LogP contribution in [0.25, 0.3) is 5.69 Å². The number of carbonyl (C=O) groups excluding carboxylic acids is 1. The summed E-state index contributed by atoms with van der Waals surface area (Å²) in [5.74, 6) is 1.82. The minimum atomic E-state index is -0.263. The van der Waals surface area contributed by atoms with Crippen LogP contribution in [0, 0.1) is 0 Å². The molecule has 1 N–H and O–H groups in total. The number of carbonyl (C=O) groups is 1.